The van der Waals surface area contributed by atoms with E-state index in [1.54, 1.807) is 24.3 Å². The van der Waals surface area contributed by atoms with Crippen LogP contribution in [0.25, 0.3) is 0 Å². The highest BCUT2D eigenvalue weighted by Crippen LogP contribution is 2.16. The van der Waals surface area contributed by atoms with E-state index < -0.39 is 5.97 Å². The SMILES string of the molecule is NCCCCCCC(=O)Nc1ccc(OCC(=O)O)cc1. The largest absolute Gasteiger partial charge is 0.482 e. The molecule has 1 aromatic carbocycles. The van der Waals surface area contributed by atoms with Gasteiger partial charge in [0.1, 0.15) is 5.75 Å². The summed E-state index contributed by atoms with van der Waals surface area (Å²) < 4.78 is 5.01. The molecular weight excluding hydrogens is 272 g/mol. The smallest absolute Gasteiger partial charge is 0.341 e. The van der Waals surface area contributed by atoms with E-state index in [-0.39, 0.29) is 12.5 Å². The minimum absolute atomic E-state index is 0.0260. The van der Waals surface area contributed by atoms with Crippen molar-refractivity contribution in [1.29, 1.82) is 0 Å². The predicted octanol–water partition coefficient (Wildman–Crippen LogP) is 2.00. The van der Waals surface area contributed by atoms with E-state index in [0.29, 0.717) is 24.4 Å². The van der Waals surface area contributed by atoms with Crippen LogP contribution in [-0.4, -0.2) is 30.1 Å². The molecule has 0 atom stereocenters. The summed E-state index contributed by atoms with van der Waals surface area (Å²) in [6, 6.07) is 6.62. The van der Waals surface area contributed by atoms with Crippen LogP contribution < -0.4 is 15.8 Å². The number of benzene rings is 1. The van der Waals surface area contributed by atoms with Crippen LogP contribution >= 0.6 is 0 Å². The molecule has 0 unspecified atom stereocenters. The van der Waals surface area contributed by atoms with E-state index in [4.69, 9.17) is 15.6 Å². The first-order valence-corrected chi connectivity index (χ1v) is 7.06. The lowest BCUT2D eigenvalue weighted by molar-refractivity contribution is -0.139. The highest BCUT2D eigenvalue weighted by atomic mass is 16.5. The Balaban J connectivity index is 2.27. The number of carbonyl (C=O) groups excluding carboxylic acids is 1. The van der Waals surface area contributed by atoms with Crippen molar-refractivity contribution >= 4 is 17.6 Å². The number of nitrogens with two attached hydrogens (primary N) is 1. The molecule has 4 N–H and O–H groups in total. The van der Waals surface area contributed by atoms with Crippen molar-refractivity contribution in [2.45, 2.75) is 32.1 Å². The number of hydrogen-bond acceptors (Lipinski definition) is 4. The maximum absolute atomic E-state index is 11.7. The van der Waals surface area contributed by atoms with Crippen molar-refractivity contribution in [2.24, 2.45) is 5.73 Å². The predicted molar refractivity (Wildman–Crippen MR) is 80.3 cm³/mol. The number of ether oxygens (including phenoxy) is 1. The van der Waals surface area contributed by atoms with Gasteiger partial charge in [0, 0.05) is 12.1 Å². The number of unbranched alkanes of at least 4 members (excludes halogenated alkanes) is 3. The molecule has 0 aliphatic carbocycles. The monoisotopic (exact) mass is 294 g/mol. The minimum Gasteiger partial charge on any atom is -0.482 e. The topological polar surface area (TPSA) is 102 Å². The fourth-order valence-corrected chi connectivity index (χ4v) is 1.79. The molecule has 0 heterocycles. The zero-order valence-corrected chi connectivity index (χ0v) is 12.0. The van der Waals surface area contributed by atoms with Crippen LogP contribution in [-0.2, 0) is 9.59 Å². The van der Waals surface area contributed by atoms with Crippen LogP contribution in [0.5, 0.6) is 5.75 Å². The van der Waals surface area contributed by atoms with Crippen LogP contribution in [0.3, 0.4) is 0 Å². The highest BCUT2D eigenvalue weighted by Gasteiger charge is 2.03. The van der Waals surface area contributed by atoms with Gasteiger partial charge < -0.3 is 20.9 Å². The summed E-state index contributed by atoms with van der Waals surface area (Å²) in [5, 5.41) is 11.3. The van der Waals surface area contributed by atoms with Gasteiger partial charge in [-0.15, -0.1) is 0 Å². The summed E-state index contributed by atoms with van der Waals surface area (Å²) in [5.74, 6) is -0.596. The van der Waals surface area contributed by atoms with Crippen molar-refractivity contribution in [3.63, 3.8) is 0 Å². The van der Waals surface area contributed by atoms with E-state index in [2.05, 4.69) is 5.32 Å². The maximum atomic E-state index is 11.7. The van der Waals surface area contributed by atoms with Crippen LogP contribution in [0.2, 0.25) is 0 Å². The first kappa shape index (κ1) is 17.0. The lowest BCUT2D eigenvalue weighted by atomic mass is 10.1. The first-order chi connectivity index (χ1) is 10.1. The van der Waals surface area contributed by atoms with Crippen LogP contribution in [0.15, 0.2) is 24.3 Å². The molecule has 21 heavy (non-hydrogen) atoms. The Bertz CT molecular complexity index is 445. The third-order valence-electron chi connectivity index (χ3n) is 2.86. The van der Waals surface area contributed by atoms with Gasteiger partial charge in [0.15, 0.2) is 6.61 Å². The molecule has 6 nitrogen and oxygen atoms in total. The number of carboxylic acid groups (broad SMARTS) is 1. The molecule has 0 radical (unpaired) electrons. The quantitative estimate of drug-likeness (QED) is 0.573. The molecule has 6 heteroatoms. The molecule has 116 valence electrons. The Morgan fingerprint density at radius 1 is 1.10 bits per heavy atom. The normalized spacial score (nSPS) is 10.1. The summed E-state index contributed by atoms with van der Waals surface area (Å²) in [6.45, 7) is 0.316. The number of carboxylic acids is 1. The molecule has 0 aliphatic heterocycles. The van der Waals surface area contributed by atoms with Gasteiger partial charge in [-0.25, -0.2) is 4.79 Å². The number of nitrogens with one attached hydrogen (secondary N) is 1. The summed E-state index contributed by atoms with van der Waals surface area (Å²) in [6.07, 6.45) is 4.40. The zero-order valence-electron chi connectivity index (χ0n) is 12.0. The number of hydrogen-bond donors (Lipinski definition) is 3. The van der Waals surface area contributed by atoms with E-state index in [0.717, 1.165) is 25.7 Å². The number of amides is 1. The van der Waals surface area contributed by atoms with E-state index in [9.17, 15) is 9.59 Å². The standard InChI is InChI=1S/C15H22N2O4/c16-10-4-2-1-3-5-14(18)17-12-6-8-13(9-7-12)21-11-15(19)20/h6-9H,1-5,10-11,16H2,(H,17,18)(H,19,20). The Labute approximate surface area is 124 Å². The lowest BCUT2D eigenvalue weighted by Gasteiger charge is -2.07. The van der Waals surface area contributed by atoms with Gasteiger partial charge in [-0.2, -0.15) is 0 Å². The number of rotatable bonds is 10. The Kier molecular flexibility index (Phi) is 7.89. The highest BCUT2D eigenvalue weighted by molar-refractivity contribution is 5.90. The van der Waals surface area contributed by atoms with Crippen molar-refractivity contribution in [3.8, 4) is 5.75 Å². The second-order valence-corrected chi connectivity index (χ2v) is 4.71. The van der Waals surface area contributed by atoms with Gasteiger partial charge in [-0.05, 0) is 43.7 Å². The van der Waals surface area contributed by atoms with Crippen molar-refractivity contribution in [2.75, 3.05) is 18.5 Å². The third-order valence-corrected chi connectivity index (χ3v) is 2.86. The molecule has 0 spiro atoms. The number of carbonyl (C=O) groups is 2. The molecular formula is C15H22N2O4. The van der Waals surface area contributed by atoms with Crippen LogP contribution in [0.1, 0.15) is 32.1 Å². The van der Waals surface area contributed by atoms with Crippen molar-refractivity contribution < 1.29 is 19.4 Å². The van der Waals surface area contributed by atoms with Crippen LogP contribution in [0, 0.1) is 0 Å². The third kappa shape index (κ3) is 7.94. The van der Waals surface area contributed by atoms with Crippen molar-refractivity contribution in [3.05, 3.63) is 24.3 Å². The van der Waals surface area contributed by atoms with E-state index in [1.807, 2.05) is 0 Å². The summed E-state index contributed by atoms with van der Waals surface area (Å²) in [7, 11) is 0. The first-order valence-electron chi connectivity index (χ1n) is 7.06. The molecule has 0 fully saturated rings. The second-order valence-electron chi connectivity index (χ2n) is 4.71. The Morgan fingerprint density at radius 2 is 1.76 bits per heavy atom. The molecule has 0 saturated carbocycles. The molecule has 1 aromatic rings. The fourth-order valence-electron chi connectivity index (χ4n) is 1.79. The van der Waals surface area contributed by atoms with Crippen LogP contribution in [0.4, 0.5) is 5.69 Å². The number of anilines is 1. The molecule has 1 amide bonds. The van der Waals surface area contributed by atoms with Gasteiger partial charge in [0.25, 0.3) is 0 Å². The van der Waals surface area contributed by atoms with Gasteiger partial charge >= 0.3 is 5.97 Å². The Morgan fingerprint density at radius 3 is 2.38 bits per heavy atom. The maximum Gasteiger partial charge on any atom is 0.341 e. The summed E-state index contributed by atoms with van der Waals surface area (Å²) in [5.41, 5.74) is 6.07. The minimum atomic E-state index is -1.03. The molecule has 0 bridgehead atoms. The number of aliphatic carboxylic acids is 1. The average molecular weight is 294 g/mol. The van der Waals surface area contributed by atoms with Gasteiger partial charge in [0.05, 0.1) is 0 Å². The molecule has 1 rings (SSSR count). The van der Waals surface area contributed by atoms with Gasteiger partial charge in [0.2, 0.25) is 5.91 Å². The average Bonchev–Trinajstić information content (AvgIpc) is 2.46. The van der Waals surface area contributed by atoms with E-state index >= 15 is 0 Å². The lowest BCUT2D eigenvalue weighted by Crippen LogP contribution is -2.11. The molecule has 0 saturated heterocycles. The van der Waals surface area contributed by atoms with Gasteiger partial charge in [-0.3, -0.25) is 4.79 Å². The molecule has 0 aromatic heterocycles. The Hall–Kier alpha value is -2.08. The summed E-state index contributed by atoms with van der Waals surface area (Å²) in [4.78, 5) is 22.1. The molecule has 0 aliphatic rings. The van der Waals surface area contributed by atoms with E-state index in [1.165, 1.54) is 0 Å². The second kappa shape index (κ2) is 9.77. The summed E-state index contributed by atoms with van der Waals surface area (Å²) >= 11 is 0. The fraction of sp³-hybridized carbons (Fsp3) is 0.467. The van der Waals surface area contributed by atoms with Gasteiger partial charge in [-0.1, -0.05) is 12.8 Å². The van der Waals surface area contributed by atoms with Crippen molar-refractivity contribution in [1.82, 2.24) is 0 Å². The zero-order chi connectivity index (χ0) is 15.5.